The van der Waals surface area contributed by atoms with Crippen LogP contribution < -0.4 is 14.7 Å². The number of hydroxylamine groups is 1. The second-order valence-electron chi connectivity index (χ2n) is 7.79. The first kappa shape index (κ1) is 19.3. The van der Waals surface area contributed by atoms with Crippen LogP contribution in [0.5, 0.6) is 5.75 Å². The second kappa shape index (κ2) is 7.56. The summed E-state index contributed by atoms with van der Waals surface area (Å²) in [7, 11) is 1.60. The molecule has 156 valence electrons. The molecule has 2 heterocycles. The van der Waals surface area contributed by atoms with Gasteiger partial charge >= 0.3 is 0 Å². The summed E-state index contributed by atoms with van der Waals surface area (Å²) < 4.78 is 5.40. The first-order valence-electron chi connectivity index (χ1n) is 10.2. The molecule has 3 atom stereocenters. The monoisotopic (exact) mass is 414 g/mol. The fraction of sp³-hybridized carbons (Fsp3) is 0.200. The van der Waals surface area contributed by atoms with E-state index in [1.54, 1.807) is 18.2 Å². The molecule has 0 saturated carbocycles. The van der Waals surface area contributed by atoms with E-state index in [2.05, 4.69) is 0 Å². The molecule has 31 heavy (non-hydrogen) atoms. The van der Waals surface area contributed by atoms with Crippen molar-refractivity contribution in [2.45, 2.75) is 19.1 Å². The molecule has 2 amide bonds. The molecule has 3 aromatic carbocycles. The lowest BCUT2D eigenvalue weighted by atomic mass is 9.90. The molecule has 6 heteroatoms. The topological polar surface area (TPSA) is 59.1 Å². The zero-order chi connectivity index (χ0) is 21.5. The maximum Gasteiger partial charge on any atom is 0.266 e. The van der Waals surface area contributed by atoms with Gasteiger partial charge in [0.25, 0.3) is 5.91 Å². The molecule has 2 saturated heterocycles. The summed E-state index contributed by atoms with van der Waals surface area (Å²) in [6.45, 7) is 1.93. The smallest absolute Gasteiger partial charge is 0.266 e. The summed E-state index contributed by atoms with van der Waals surface area (Å²) in [6.07, 6.45) is -0.885. The van der Waals surface area contributed by atoms with Crippen LogP contribution in [0.2, 0.25) is 0 Å². The fourth-order valence-corrected chi connectivity index (χ4v) is 4.40. The van der Waals surface area contributed by atoms with Gasteiger partial charge in [0.2, 0.25) is 5.91 Å². The van der Waals surface area contributed by atoms with Gasteiger partial charge in [-0.3, -0.25) is 14.4 Å². The summed E-state index contributed by atoms with van der Waals surface area (Å²) in [5, 5.41) is 1.69. The van der Waals surface area contributed by atoms with Crippen LogP contribution in [0.15, 0.2) is 78.9 Å². The van der Waals surface area contributed by atoms with Gasteiger partial charge in [-0.1, -0.05) is 42.5 Å². The number of nitrogens with zero attached hydrogens (tertiary/aromatic N) is 2. The minimum Gasteiger partial charge on any atom is -0.497 e. The van der Waals surface area contributed by atoms with Crippen molar-refractivity contribution in [2.75, 3.05) is 17.1 Å². The summed E-state index contributed by atoms with van der Waals surface area (Å²) in [6, 6.07) is 24.0. The lowest BCUT2D eigenvalue weighted by Crippen LogP contribution is -2.37. The molecule has 0 aliphatic carbocycles. The van der Waals surface area contributed by atoms with Gasteiger partial charge in [0.1, 0.15) is 11.7 Å². The quantitative estimate of drug-likeness (QED) is 0.603. The molecule has 0 bridgehead atoms. The van der Waals surface area contributed by atoms with Crippen LogP contribution >= 0.6 is 0 Å². The first-order chi connectivity index (χ1) is 15.1. The van der Waals surface area contributed by atoms with E-state index >= 15 is 0 Å². The second-order valence-corrected chi connectivity index (χ2v) is 7.79. The Morgan fingerprint density at radius 3 is 2.32 bits per heavy atom. The van der Waals surface area contributed by atoms with Crippen molar-refractivity contribution in [3.8, 4) is 5.75 Å². The molecule has 0 spiro atoms. The van der Waals surface area contributed by atoms with Crippen molar-refractivity contribution in [3.63, 3.8) is 0 Å². The first-order valence-corrected chi connectivity index (χ1v) is 10.2. The molecular weight excluding hydrogens is 392 g/mol. The van der Waals surface area contributed by atoms with Crippen molar-refractivity contribution >= 4 is 23.2 Å². The van der Waals surface area contributed by atoms with Gasteiger partial charge in [-0.05, 0) is 54.4 Å². The molecule has 2 aliphatic rings. The molecule has 5 rings (SSSR count). The van der Waals surface area contributed by atoms with Crippen molar-refractivity contribution in [3.05, 3.63) is 90.0 Å². The number of amides is 2. The van der Waals surface area contributed by atoms with E-state index in [4.69, 9.17) is 9.57 Å². The Morgan fingerprint density at radius 2 is 1.58 bits per heavy atom. The fourth-order valence-electron chi connectivity index (χ4n) is 4.40. The van der Waals surface area contributed by atoms with Crippen LogP contribution in [0.1, 0.15) is 17.2 Å². The van der Waals surface area contributed by atoms with Gasteiger partial charge in [0, 0.05) is 0 Å². The van der Waals surface area contributed by atoms with Crippen LogP contribution in [0.3, 0.4) is 0 Å². The van der Waals surface area contributed by atoms with Crippen molar-refractivity contribution in [1.82, 2.24) is 0 Å². The summed E-state index contributed by atoms with van der Waals surface area (Å²) in [5.74, 6) is -0.583. The van der Waals surface area contributed by atoms with Crippen LogP contribution in [-0.4, -0.2) is 25.0 Å². The molecule has 6 nitrogen and oxygen atoms in total. The highest BCUT2D eigenvalue weighted by Gasteiger charge is 2.60. The lowest BCUT2D eigenvalue weighted by Gasteiger charge is -2.29. The molecule has 3 aromatic rings. The van der Waals surface area contributed by atoms with Crippen molar-refractivity contribution < 1.29 is 19.2 Å². The van der Waals surface area contributed by atoms with E-state index in [0.29, 0.717) is 11.4 Å². The number of para-hydroxylation sites is 1. The Morgan fingerprint density at radius 1 is 0.839 bits per heavy atom. The number of rotatable bonds is 4. The Hall–Kier alpha value is -3.64. The largest absolute Gasteiger partial charge is 0.497 e. The van der Waals surface area contributed by atoms with Crippen molar-refractivity contribution in [2.24, 2.45) is 5.92 Å². The maximum atomic E-state index is 13.6. The molecule has 2 fully saturated rings. The number of methoxy groups -OCH3 is 1. The van der Waals surface area contributed by atoms with Gasteiger partial charge in [-0.2, -0.15) is 0 Å². The highest BCUT2D eigenvalue weighted by atomic mass is 16.7. The Kier molecular flexibility index (Phi) is 4.71. The molecule has 0 N–H and O–H groups in total. The van der Waals surface area contributed by atoms with E-state index < -0.39 is 18.1 Å². The molecule has 0 aromatic heterocycles. The number of carbonyl (C=O) groups is 2. The Balaban J connectivity index is 1.60. The maximum absolute atomic E-state index is 13.6. The normalized spacial score (nSPS) is 22.7. The number of imide groups is 1. The van der Waals surface area contributed by atoms with E-state index in [1.807, 2.05) is 79.7 Å². The minimum atomic E-state index is -0.885. The van der Waals surface area contributed by atoms with Gasteiger partial charge in [-0.25, -0.2) is 9.96 Å². The van der Waals surface area contributed by atoms with Crippen LogP contribution in [0.25, 0.3) is 0 Å². The number of anilines is 2. The predicted molar refractivity (Wildman–Crippen MR) is 117 cm³/mol. The number of hydrogen-bond donors (Lipinski definition) is 0. The van der Waals surface area contributed by atoms with E-state index in [-0.39, 0.29) is 11.8 Å². The summed E-state index contributed by atoms with van der Waals surface area (Å²) in [4.78, 5) is 34.3. The molecule has 0 unspecified atom stereocenters. The number of ether oxygens (including phenoxy) is 1. The highest BCUT2D eigenvalue weighted by Crippen LogP contribution is 2.47. The molecule has 0 radical (unpaired) electrons. The SMILES string of the molecule is COc1cccc([C@@H]2[C@H]3C(=O)N(c4cccc(C)c4)C(=O)[C@H]3ON2c2ccccc2)c1. The number of hydrogen-bond acceptors (Lipinski definition) is 5. The Labute approximate surface area is 180 Å². The molecule has 2 aliphatic heterocycles. The number of fused-ring (bicyclic) bond motifs is 1. The average Bonchev–Trinajstić information content (AvgIpc) is 3.30. The molecular formula is C25H22N2O4. The summed E-state index contributed by atoms with van der Waals surface area (Å²) >= 11 is 0. The predicted octanol–water partition coefficient (Wildman–Crippen LogP) is 4.05. The van der Waals surface area contributed by atoms with Gasteiger partial charge in [0.15, 0.2) is 6.10 Å². The zero-order valence-corrected chi connectivity index (χ0v) is 17.3. The Bertz CT molecular complexity index is 1150. The van der Waals surface area contributed by atoms with Crippen LogP contribution in [0.4, 0.5) is 11.4 Å². The third kappa shape index (κ3) is 3.16. The van der Waals surface area contributed by atoms with Crippen LogP contribution in [0, 0.1) is 12.8 Å². The van der Waals surface area contributed by atoms with E-state index in [9.17, 15) is 9.59 Å². The lowest BCUT2D eigenvalue weighted by molar-refractivity contribution is -0.126. The van der Waals surface area contributed by atoms with E-state index in [0.717, 1.165) is 16.8 Å². The van der Waals surface area contributed by atoms with Gasteiger partial charge in [-0.15, -0.1) is 0 Å². The summed E-state index contributed by atoms with van der Waals surface area (Å²) in [5.41, 5.74) is 3.19. The number of aryl methyl sites for hydroxylation is 1. The zero-order valence-electron chi connectivity index (χ0n) is 17.3. The highest BCUT2D eigenvalue weighted by molar-refractivity contribution is 6.23. The van der Waals surface area contributed by atoms with Gasteiger partial charge < -0.3 is 4.74 Å². The number of benzene rings is 3. The standard InChI is InChI=1S/C25H22N2O4/c1-16-8-6-12-19(14-16)26-24(28)21-22(17-9-7-13-20(15-17)30-2)27(31-23(21)25(26)29)18-10-4-3-5-11-18/h3-15,21-23H,1-2H3/t21-,22-,23+/m1/s1. The van der Waals surface area contributed by atoms with E-state index in [1.165, 1.54) is 4.90 Å². The number of carbonyl (C=O) groups excluding carboxylic acids is 2. The van der Waals surface area contributed by atoms with Crippen LogP contribution in [-0.2, 0) is 14.4 Å². The van der Waals surface area contributed by atoms with Gasteiger partial charge in [0.05, 0.1) is 24.5 Å². The minimum absolute atomic E-state index is 0.258. The third-order valence-corrected chi connectivity index (χ3v) is 5.82. The van der Waals surface area contributed by atoms with Crippen molar-refractivity contribution in [1.29, 1.82) is 0 Å². The third-order valence-electron chi connectivity index (χ3n) is 5.82. The average molecular weight is 414 g/mol.